The first-order chi connectivity index (χ1) is 13.6. The number of likely N-dealkylation sites (tertiary alicyclic amines) is 1. The Labute approximate surface area is 167 Å². The van der Waals surface area contributed by atoms with Crippen molar-refractivity contribution in [3.05, 3.63) is 53.6 Å². The summed E-state index contributed by atoms with van der Waals surface area (Å²) in [5.74, 6) is 2.54. The zero-order chi connectivity index (χ0) is 20.0. The molecule has 1 N–H and O–H groups in total. The SMILES string of the molecule is COc1cccc(C[C@]2(CO)CCCN(Cc3c(OC)cccc3OC)C2)c1. The fourth-order valence-electron chi connectivity index (χ4n) is 4.30. The molecular weight excluding hydrogens is 354 g/mol. The van der Waals surface area contributed by atoms with E-state index < -0.39 is 0 Å². The van der Waals surface area contributed by atoms with Crippen LogP contribution in [0.4, 0.5) is 0 Å². The van der Waals surface area contributed by atoms with Crippen LogP contribution in [0.1, 0.15) is 24.0 Å². The van der Waals surface area contributed by atoms with Crippen LogP contribution in [0, 0.1) is 5.41 Å². The number of methoxy groups -OCH3 is 3. The summed E-state index contributed by atoms with van der Waals surface area (Å²) < 4.78 is 16.5. The molecular formula is C23H31NO4. The molecule has 0 aromatic heterocycles. The number of aliphatic hydroxyl groups is 1. The van der Waals surface area contributed by atoms with Crippen LogP contribution >= 0.6 is 0 Å². The lowest BCUT2D eigenvalue weighted by Crippen LogP contribution is -2.46. The first-order valence-electron chi connectivity index (χ1n) is 9.79. The number of hydrogen-bond donors (Lipinski definition) is 1. The predicted molar refractivity (Wildman–Crippen MR) is 110 cm³/mol. The molecule has 0 amide bonds. The molecule has 1 fully saturated rings. The second-order valence-electron chi connectivity index (χ2n) is 7.64. The van der Waals surface area contributed by atoms with Crippen LogP contribution in [0.3, 0.4) is 0 Å². The second kappa shape index (κ2) is 9.30. The third-order valence-corrected chi connectivity index (χ3v) is 5.70. The van der Waals surface area contributed by atoms with Gasteiger partial charge in [0.2, 0.25) is 0 Å². The Morgan fingerprint density at radius 2 is 1.71 bits per heavy atom. The number of hydrogen-bond acceptors (Lipinski definition) is 5. The molecule has 2 aromatic rings. The molecule has 1 atom stereocenters. The van der Waals surface area contributed by atoms with Gasteiger partial charge in [0.25, 0.3) is 0 Å². The van der Waals surface area contributed by atoms with Crippen molar-refractivity contribution >= 4 is 0 Å². The van der Waals surface area contributed by atoms with Crippen molar-refractivity contribution in [1.82, 2.24) is 4.90 Å². The molecule has 1 saturated heterocycles. The first kappa shape index (κ1) is 20.5. The van der Waals surface area contributed by atoms with Gasteiger partial charge in [-0.1, -0.05) is 18.2 Å². The summed E-state index contributed by atoms with van der Waals surface area (Å²) >= 11 is 0. The number of ether oxygens (including phenoxy) is 3. The van der Waals surface area contributed by atoms with E-state index in [4.69, 9.17) is 14.2 Å². The lowest BCUT2D eigenvalue weighted by molar-refractivity contribution is 0.0282. The Morgan fingerprint density at radius 1 is 1.00 bits per heavy atom. The first-order valence-corrected chi connectivity index (χ1v) is 9.79. The zero-order valence-corrected chi connectivity index (χ0v) is 17.1. The Hall–Kier alpha value is -2.24. The smallest absolute Gasteiger partial charge is 0.127 e. The van der Waals surface area contributed by atoms with E-state index in [1.807, 2.05) is 30.3 Å². The molecule has 2 aromatic carbocycles. The standard InChI is InChI=1S/C23H31NO4/c1-26-19-8-4-7-18(13-19)14-23(17-25)11-6-12-24(16-23)15-20-21(27-2)9-5-10-22(20)28-3/h4-5,7-10,13,25H,6,11-12,14-17H2,1-3H3/t23-/m1/s1. The Kier molecular flexibility index (Phi) is 6.81. The minimum absolute atomic E-state index is 0.153. The average molecular weight is 386 g/mol. The van der Waals surface area contributed by atoms with Crippen molar-refractivity contribution in [1.29, 1.82) is 0 Å². The summed E-state index contributed by atoms with van der Waals surface area (Å²) in [6.07, 6.45) is 2.91. The summed E-state index contributed by atoms with van der Waals surface area (Å²) in [6, 6.07) is 14.0. The topological polar surface area (TPSA) is 51.2 Å². The molecule has 0 radical (unpaired) electrons. The van der Waals surface area contributed by atoms with Crippen molar-refractivity contribution in [2.45, 2.75) is 25.8 Å². The molecule has 0 unspecified atom stereocenters. The van der Waals surface area contributed by atoms with Gasteiger partial charge in [-0.05, 0) is 55.6 Å². The molecule has 28 heavy (non-hydrogen) atoms. The van der Waals surface area contributed by atoms with E-state index in [0.29, 0.717) is 0 Å². The van der Waals surface area contributed by atoms with Crippen molar-refractivity contribution < 1.29 is 19.3 Å². The Bertz CT molecular complexity index is 757. The van der Waals surface area contributed by atoms with Crippen LogP contribution < -0.4 is 14.2 Å². The number of nitrogens with zero attached hydrogens (tertiary/aromatic N) is 1. The van der Waals surface area contributed by atoms with Crippen molar-refractivity contribution in [3.63, 3.8) is 0 Å². The fourth-order valence-corrected chi connectivity index (χ4v) is 4.30. The predicted octanol–water partition coefficient (Wildman–Crippen LogP) is 3.53. The largest absolute Gasteiger partial charge is 0.497 e. The summed E-state index contributed by atoms with van der Waals surface area (Å²) in [5.41, 5.74) is 2.10. The van der Waals surface area contributed by atoms with Gasteiger partial charge in [0.1, 0.15) is 17.2 Å². The van der Waals surface area contributed by atoms with Gasteiger partial charge in [0.15, 0.2) is 0 Å². The molecule has 0 bridgehead atoms. The van der Waals surface area contributed by atoms with Crippen LogP contribution in [0.25, 0.3) is 0 Å². The Morgan fingerprint density at radius 3 is 2.36 bits per heavy atom. The fraction of sp³-hybridized carbons (Fsp3) is 0.478. The molecule has 0 spiro atoms. The minimum atomic E-state index is -0.153. The van der Waals surface area contributed by atoms with E-state index in [0.717, 1.165) is 61.7 Å². The second-order valence-corrected chi connectivity index (χ2v) is 7.64. The highest BCUT2D eigenvalue weighted by molar-refractivity contribution is 5.44. The lowest BCUT2D eigenvalue weighted by atomic mass is 9.75. The molecule has 5 nitrogen and oxygen atoms in total. The average Bonchev–Trinajstić information content (AvgIpc) is 2.74. The van der Waals surface area contributed by atoms with E-state index in [1.165, 1.54) is 5.56 Å². The Balaban J connectivity index is 1.78. The van der Waals surface area contributed by atoms with Gasteiger partial charge in [-0.3, -0.25) is 4.90 Å². The number of rotatable bonds is 8. The highest BCUT2D eigenvalue weighted by Crippen LogP contribution is 2.37. The quantitative estimate of drug-likeness (QED) is 0.753. The summed E-state index contributed by atoms with van der Waals surface area (Å²) in [5, 5.41) is 10.3. The maximum Gasteiger partial charge on any atom is 0.127 e. The van der Waals surface area contributed by atoms with Gasteiger partial charge < -0.3 is 19.3 Å². The maximum atomic E-state index is 10.3. The van der Waals surface area contributed by atoms with Crippen LogP contribution in [-0.4, -0.2) is 51.0 Å². The zero-order valence-electron chi connectivity index (χ0n) is 17.1. The van der Waals surface area contributed by atoms with E-state index in [2.05, 4.69) is 17.0 Å². The van der Waals surface area contributed by atoms with Gasteiger partial charge in [0.05, 0.1) is 33.5 Å². The van der Waals surface area contributed by atoms with E-state index in [9.17, 15) is 5.11 Å². The van der Waals surface area contributed by atoms with E-state index in [-0.39, 0.29) is 12.0 Å². The third-order valence-electron chi connectivity index (χ3n) is 5.70. The van der Waals surface area contributed by atoms with Crippen molar-refractivity contribution in [2.24, 2.45) is 5.41 Å². The summed E-state index contributed by atoms with van der Waals surface area (Å²) in [7, 11) is 5.06. The number of piperidine rings is 1. The lowest BCUT2D eigenvalue weighted by Gasteiger charge is -2.42. The van der Waals surface area contributed by atoms with Gasteiger partial charge in [0, 0.05) is 18.5 Å². The van der Waals surface area contributed by atoms with Gasteiger partial charge in [-0.2, -0.15) is 0 Å². The molecule has 0 aliphatic carbocycles. The highest BCUT2D eigenvalue weighted by Gasteiger charge is 2.35. The normalized spacial score (nSPS) is 20.0. The molecule has 0 saturated carbocycles. The molecule has 1 heterocycles. The number of aliphatic hydroxyl groups excluding tert-OH is 1. The maximum absolute atomic E-state index is 10.3. The summed E-state index contributed by atoms with van der Waals surface area (Å²) in [6.45, 7) is 2.75. The molecule has 1 aliphatic rings. The number of benzene rings is 2. The van der Waals surface area contributed by atoms with Gasteiger partial charge in [-0.15, -0.1) is 0 Å². The third kappa shape index (κ3) is 4.59. The van der Waals surface area contributed by atoms with Crippen molar-refractivity contribution in [2.75, 3.05) is 41.0 Å². The van der Waals surface area contributed by atoms with Crippen LogP contribution in [-0.2, 0) is 13.0 Å². The van der Waals surface area contributed by atoms with Crippen LogP contribution in [0.2, 0.25) is 0 Å². The van der Waals surface area contributed by atoms with Crippen LogP contribution in [0.15, 0.2) is 42.5 Å². The minimum Gasteiger partial charge on any atom is -0.497 e. The highest BCUT2D eigenvalue weighted by atomic mass is 16.5. The summed E-state index contributed by atoms with van der Waals surface area (Å²) in [4.78, 5) is 2.40. The van der Waals surface area contributed by atoms with E-state index in [1.54, 1.807) is 21.3 Å². The monoisotopic (exact) mass is 385 g/mol. The molecule has 5 heteroatoms. The molecule has 152 valence electrons. The molecule has 1 aliphatic heterocycles. The molecule has 3 rings (SSSR count). The van der Waals surface area contributed by atoms with E-state index >= 15 is 0 Å². The van der Waals surface area contributed by atoms with Crippen molar-refractivity contribution in [3.8, 4) is 17.2 Å². The van der Waals surface area contributed by atoms with Gasteiger partial charge >= 0.3 is 0 Å². The van der Waals surface area contributed by atoms with Gasteiger partial charge in [-0.25, -0.2) is 0 Å². The van der Waals surface area contributed by atoms with Crippen LogP contribution in [0.5, 0.6) is 17.2 Å².